The van der Waals surface area contributed by atoms with Gasteiger partial charge in [-0.1, -0.05) is 6.92 Å². The molecule has 1 aliphatic rings. The molecule has 0 bridgehead atoms. The first-order chi connectivity index (χ1) is 11.9. The van der Waals surface area contributed by atoms with Gasteiger partial charge in [-0.2, -0.15) is 0 Å². The normalized spacial score (nSPS) is 20.9. The van der Waals surface area contributed by atoms with E-state index in [9.17, 15) is 4.79 Å². The van der Waals surface area contributed by atoms with E-state index in [-0.39, 0.29) is 11.3 Å². The Kier molecular flexibility index (Phi) is 4.99. The molecule has 6 heteroatoms. The summed E-state index contributed by atoms with van der Waals surface area (Å²) in [4.78, 5) is 21.4. The number of anilines is 1. The smallest absolute Gasteiger partial charge is 0.224 e. The lowest BCUT2D eigenvalue weighted by Gasteiger charge is -2.40. The van der Waals surface area contributed by atoms with Gasteiger partial charge in [-0.3, -0.25) is 4.79 Å². The fourth-order valence-electron chi connectivity index (χ4n) is 3.66. The number of piperidine rings is 1. The average molecular weight is 344 g/mol. The second kappa shape index (κ2) is 7.04. The molecule has 25 heavy (non-hydrogen) atoms. The number of hydrogen-bond donors (Lipinski definition) is 0. The minimum Gasteiger partial charge on any atom is -0.384 e. The van der Waals surface area contributed by atoms with Crippen molar-refractivity contribution in [2.75, 3.05) is 45.8 Å². The Balaban J connectivity index is 1.91. The molecule has 1 amide bonds. The van der Waals surface area contributed by atoms with Crippen LogP contribution in [0.4, 0.5) is 5.82 Å². The third-order valence-corrected chi connectivity index (χ3v) is 5.11. The number of hydrogen-bond acceptors (Lipinski definition) is 4. The first-order valence-corrected chi connectivity index (χ1v) is 8.87. The summed E-state index contributed by atoms with van der Waals surface area (Å²) in [6.07, 6.45) is 6.65. The summed E-state index contributed by atoms with van der Waals surface area (Å²) in [5.41, 5.74) is 2.01. The van der Waals surface area contributed by atoms with Crippen molar-refractivity contribution in [1.29, 1.82) is 0 Å². The van der Waals surface area contributed by atoms with Crippen LogP contribution in [0.25, 0.3) is 5.52 Å². The van der Waals surface area contributed by atoms with Crippen molar-refractivity contribution in [1.82, 2.24) is 14.3 Å². The summed E-state index contributed by atoms with van der Waals surface area (Å²) in [5.74, 6) is 1.13. The van der Waals surface area contributed by atoms with Crippen molar-refractivity contribution < 1.29 is 9.53 Å². The molecule has 1 fully saturated rings. The van der Waals surface area contributed by atoms with Gasteiger partial charge in [-0.05, 0) is 25.0 Å². The second-order valence-electron chi connectivity index (χ2n) is 7.37. The van der Waals surface area contributed by atoms with E-state index >= 15 is 0 Å². The van der Waals surface area contributed by atoms with E-state index in [1.807, 2.05) is 30.0 Å². The van der Waals surface area contributed by atoms with Gasteiger partial charge in [0.15, 0.2) is 5.82 Å². The van der Waals surface area contributed by atoms with Gasteiger partial charge >= 0.3 is 0 Å². The number of ether oxygens (including phenoxy) is 1. The number of carbonyl (C=O) groups is 1. The van der Waals surface area contributed by atoms with E-state index in [0.29, 0.717) is 19.6 Å². The van der Waals surface area contributed by atoms with E-state index in [4.69, 9.17) is 9.72 Å². The van der Waals surface area contributed by atoms with Crippen molar-refractivity contribution in [2.45, 2.75) is 31.6 Å². The highest BCUT2D eigenvalue weighted by Crippen LogP contribution is 2.34. The Morgan fingerprint density at radius 2 is 2.24 bits per heavy atom. The van der Waals surface area contributed by atoms with Gasteiger partial charge in [0.2, 0.25) is 5.91 Å². The van der Waals surface area contributed by atoms with Crippen LogP contribution in [-0.4, -0.2) is 61.1 Å². The lowest BCUT2D eigenvalue weighted by Crippen LogP contribution is -2.47. The maximum Gasteiger partial charge on any atom is 0.224 e. The molecule has 0 N–H and O–H groups in total. The SMILES string of the molecule is COCCC(=O)N1CCC[C@@](C)(c2cn3cccc3c(N(C)C)n2)C1. The third-order valence-electron chi connectivity index (χ3n) is 5.11. The first-order valence-electron chi connectivity index (χ1n) is 8.87. The van der Waals surface area contributed by atoms with Gasteiger partial charge in [0.05, 0.1) is 24.2 Å². The molecule has 1 atom stereocenters. The maximum absolute atomic E-state index is 12.4. The average Bonchev–Trinajstić information content (AvgIpc) is 3.07. The molecule has 0 spiro atoms. The van der Waals surface area contributed by atoms with Gasteiger partial charge in [0.25, 0.3) is 0 Å². The number of rotatable bonds is 5. The Morgan fingerprint density at radius 3 is 2.96 bits per heavy atom. The molecule has 3 rings (SSSR count). The molecule has 0 aromatic carbocycles. The molecular formula is C19H28N4O2. The van der Waals surface area contributed by atoms with Crippen LogP contribution >= 0.6 is 0 Å². The van der Waals surface area contributed by atoms with Crippen molar-refractivity contribution in [3.63, 3.8) is 0 Å². The first kappa shape index (κ1) is 17.7. The predicted octanol–water partition coefficient (Wildman–Crippen LogP) is 2.32. The molecule has 0 aliphatic carbocycles. The van der Waals surface area contributed by atoms with E-state index in [1.54, 1.807) is 7.11 Å². The van der Waals surface area contributed by atoms with E-state index in [0.717, 1.165) is 36.4 Å². The molecule has 2 aromatic rings. The Hall–Kier alpha value is -2.08. The maximum atomic E-state index is 12.4. The zero-order valence-corrected chi connectivity index (χ0v) is 15.7. The molecule has 1 saturated heterocycles. The predicted molar refractivity (Wildman–Crippen MR) is 99.2 cm³/mol. The number of methoxy groups -OCH3 is 1. The molecule has 0 saturated carbocycles. The van der Waals surface area contributed by atoms with Crippen LogP contribution in [0.2, 0.25) is 0 Å². The topological polar surface area (TPSA) is 50.1 Å². The van der Waals surface area contributed by atoms with Gasteiger partial charge in [-0.25, -0.2) is 4.98 Å². The Morgan fingerprint density at radius 1 is 1.44 bits per heavy atom. The van der Waals surface area contributed by atoms with Gasteiger partial charge in [0, 0.05) is 52.1 Å². The van der Waals surface area contributed by atoms with Gasteiger partial charge in [-0.15, -0.1) is 0 Å². The third kappa shape index (κ3) is 3.49. The fourth-order valence-corrected chi connectivity index (χ4v) is 3.66. The molecule has 6 nitrogen and oxygen atoms in total. The molecule has 2 aromatic heterocycles. The van der Waals surface area contributed by atoms with E-state index < -0.39 is 0 Å². The van der Waals surface area contributed by atoms with Crippen molar-refractivity contribution in [3.05, 3.63) is 30.2 Å². The monoisotopic (exact) mass is 344 g/mol. The lowest BCUT2D eigenvalue weighted by molar-refractivity contribution is -0.134. The number of nitrogens with zero attached hydrogens (tertiary/aromatic N) is 4. The van der Waals surface area contributed by atoms with Gasteiger partial charge in [0.1, 0.15) is 0 Å². The molecule has 3 heterocycles. The van der Waals surface area contributed by atoms with Crippen molar-refractivity contribution >= 4 is 17.2 Å². The minimum absolute atomic E-state index is 0.135. The number of amides is 1. The van der Waals surface area contributed by atoms with Gasteiger partial charge < -0.3 is 18.9 Å². The summed E-state index contributed by atoms with van der Waals surface area (Å²) in [6, 6.07) is 4.12. The second-order valence-corrected chi connectivity index (χ2v) is 7.37. The van der Waals surface area contributed by atoms with Crippen molar-refractivity contribution in [2.24, 2.45) is 0 Å². The standard InChI is InChI=1S/C19H28N4O2/c1-19(9-6-11-23(14-19)17(24)8-12-25-4)16-13-22-10-5-7-15(22)18(20-16)21(2)3/h5,7,10,13H,6,8-9,11-12,14H2,1-4H3/t19-/m1/s1. The van der Waals surface area contributed by atoms with E-state index in [1.165, 1.54) is 0 Å². The molecule has 0 radical (unpaired) electrons. The zero-order chi connectivity index (χ0) is 18.0. The number of aromatic nitrogens is 2. The van der Waals surface area contributed by atoms with Crippen LogP contribution in [0.15, 0.2) is 24.5 Å². The highest BCUT2D eigenvalue weighted by molar-refractivity contribution is 5.76. The lowest BCUT2D eigenvalue weighted by atomic mass is 9.79. The van der Waals surface area contributed by atoms with Crippen LogP contribution in [0.3, 0.4) is 0 Å². The summed E-state index contributed by atoms with van der Waals surface area (Å²) < 4.78 is 7.19. The Bertz CT molecular complexity index is 755. The fraction of sp³-hybridized carbons (Fsp3) is 0.579. The summed E-state index contributed by atoms with van der Waals surface area (Å²) in [6.45, 7) is 4.23. The minimum atomic E-state index is -0.135. The van der Waals surface area contributed by atoms with Crippen LogP contribution in [-0.2, 0) is 14.9 Å². The van der Waals surface area contributed by atoms with Crippen LogP contribution < -0.4 is 4.90 Å². The quantitative estimate of drug-likeness (QED) is 0.835. The van der Waals surface area contributed by atoms with Crippen LogP contribution in [0.1, 0.15) is 31.9 Å². The largest absolute Gasteiger partial charge is 0.384 e. The molecule has 1 aliphatic heterocycles. The highest BCUT2D eigenvalue weighted by Gasteiger charge is 2.36. The summed E-state index contributed by atoms with van der Waals surface area (Å²) in [7, 11) is 5.67. The highest BCUT2D eigenvalue weighted by atomic mass is 16.5. The molecule has 0 unspecified atom stereocenters. The summed E-state index contributed by atoms with van der Waals surface area (Å²) in [5, 5.41) is 0. The molecular weight excluding hydrogens is 316 g/mol. The van der Waals surface area contributed by atoms with Crippen LogP contribution in [0, 0.1) is 0 Å². The number of fused-ring (bicyclic) bond motifs is 1. The Labute approximate surface area is 149 Å². The number of likely N-dealkylation sites (tertiary alicyclic amines) is 1. The molecule has 136 valence electrons. The van der Waals surface area contributed by atoms with Crippen molar-refractivity contribution in [3.8, 4) is 0 Å². The summed E-state index contributed by atoms with van der Waals surface area (Å²) >= 11 is 0. The van der Waals surface area contributed by atoms with E-state index in [2.05, 4.69) is 29.8 Å². The number of carbonyl (C=O) groups excluding carboxylic acids is 1. The zero-order valence-electron chi connectivity index (χ0n) is 15.7. The van der Waals surface area contributed by atoms with Crippen LogP contribution in [0.5, 0.6) is 0 Å².